The third-order valence-electron chi connectivity index (χ3n) is 4.06. The Hall–Kier alpha value is -3.26. The zero-order valence-electron chi connectivity index (χ0n) is 14.1. The number of hydrogen-bond donors (Lipinski definition) is 1. The first-order valence-electron chi connectivity index (χ1n) is 7.91. The zero-order valence-corrected chi connectivity index (χ0v) is 14.9. The smallest absolute Gasteiger partial charge is 0.278 e. The molecule has 0 aliphatic rings. The molecule has 0 spiro atoms. The molecule has 0 saturated heterocycles. The van der Waals surface area contributed by atoms with E-state index in [0.29, 0.717) is 10.4 Å². The average Bonchev–Trinajstić information content (AvgIpc) is 2.97. The topological polar surface area (TPSA) is 80.8 Å². The van der Waals surface area contributed by atoms with Gasteiger partial charge in [-0.3, -0.25) is 14.0 Å². The Labute approximate surface area is 151 Å². The van der Waals surface area contributed by atoms with Crippen LogP contribution in [0.3, 0.4) is 0 Å². The maximum atomic E-state index is 12.6. The van der Waals surface area contributed by atoms with E-state index in [9.17, 15) is 9.59 Å². The molecule has 130 valence electrons. The van der Waals surface area contributed by atoms with Gasteiger partial charge in [0.15, 0.2) is 0 Å². The van der Waals surface area contributed by atoms with Crippen molar-refractivity contribution in [3.8, 4) is 0 Å². The summed E-state index contributed by atoms with van der Waals surface area (Å²) in [4.78, 5) is 29.8. The first kappa shape index (κ1) is 16.2. The summed E-state index contributed by atoms with van der Waals surface area (Å²) in [6, 6.07) is 11.5. The summed E-state index contributed by atoms with van der Waals surface area (Å²) >= 11 is 1.45. The molecule has 26 heavy (non-hydrogen) atoms. The molecule has 3 heterocycles. The number of carbonyl (C=O) groups is 1. The molecule has 0 aliphatic heterocycles. The van der Waals surface area contributed by atoms with Crippen molar-refractivity contribution in [1.29, 1.82) is 0 Å². The van der Waals surface area contributed by atoms with Crippen LogP contribution < -0.4 is 15.8 Å². The second-order valence-corrected chi connectivity index (χ2v) is 6.88. The zero-order chi connectivity index (χ0) is 18.3. The maximum Gasteiger partial charge on any atom is 0.278 e. The standard InChI is InChI=1S/C18H15N5O2S/c1-11-7-8-15-19-9-12(17(25)23(15)10-11)16(24)20-21-18-22(2)13-5-3-4-6-14(13)26-18/h3-10H,1-2H3,(H,20,24)/b21-18-. The molecule has 1 amide bonds. The summed E-state index contributed by atoms with van der Waals surface area (Å²) in [6.07, 6.45) is 2.94. The lowest BCUT2D eigenvalue weighted by molar-refractivity contribution is 0.0951. The van der Waals surface area contributed by atoms with Crippen LogP contribution in [0.1, 0.15) is 15.9 Å². The molecule has 7 nitrogen and oxygen atoms in total. The first-order chi connectivity index (χ1) is 12.5. The number of carbonyl (C=O) groups excluding carboxylic acids is 1. The Morgan fingerprint density at radius 1 is 1.23 bits per heavy atom. The third-order valence-corrected chi connectivity index (χ3v) is 5.18. The van der Waals surface area contributed by atoms with Gasteiger partial charge in [0, 0.05) is 19.4 Å². The maximum absolute atomic E-state index is 12.6. The minimum Gasteiger partial charge on any atom is -0.318 e. The van der Waals surface area contributed by atoms with E-state index in [4.69, 9.17) is 0 Å². The van der Waals surface area contributed by atoms with E-state index >= 15 is 0 Å². The Morgan fingerprint density at radius 3 is 2.85 bits per heavy atom. The monoisotopic (exact) mass is 365 g/mol. The lowest BCUT2D eigenvalue weighted by Gasteiger charge is -2.04. The van der Waals surface area contributed by atoms with Crippen LogP contribution in [0.4, 0.5) is 0 Å². The van der Waals surface area contributed by atoms with Crippen molar-refractivity contribution in [3.63, 3.8) is 0 Å². The predicted octanol–water partition coefficient (Wildman–Crippen LogP) is 1.80. The van der Waals surface area contributed by atoms with Gasteiger partial charge in [-0.1, -0.05) is 29.5 Å². The van der Waals surface area contributed by atoms with Gasteiger partial charge in [-0.05, 0) is 30.7 Å². The SMILES string of the molecule is Cc1ccc2ncc(C(=O)N/N=c3\sc4ccccc4n3C)c(=O)n2c1. The van der Waals surface area contributed by atoms with Crippen molar-refractivity contribution in [2.24, 2.45) is 12.1 Å². The van der Waals surface area contributed by atoms with Crippen LogP contribution in [0.2, 0.25) is 0 Å². The van der Waals surface area contributed by atoms with Gasteiger partial charge in [-0.25, -0.2) is 10.4 Å². The molecule has 1 N–H and O–H groups in total. The highest BCUT2D eigenvalue weighted by molar-refractivity contribution is 7.16. The van der Waals surface area contributed by atoms with Crippen LogP contribution >= 0.6 is 11.3 Å². The third kappa shape index (κ3) is 2.70. The van der Waals surface area contributed by atoms with Gasteiger partial charge < -0.3 is 4.57 Å². The van der Waals surface area contributed by atoms with Crippen LogP contribution in [0.5, 0.6) is 0 Å². The second-order valence-electron chi connectivity index (χ2n) is 5.88. The van der Waals surface area contributed by atoms with E-state index in [1.54, 1.807) is 12.3 Å². The lowest BCUT2D eigenvalue weighted by Crippen LogP contribution is -2.30. The molecular formula is C18H15N5O2S. The lowest BCUT2D eigenvalue weighted by atomic mass is 10.3. The predicted molar refractivity (Wildman–Crippen MR) is 100 cm³/mol. The molecule has 4 rings (SSSR count). The number of nitrogens with one attached hydrogen (secondary N) is 1. The number of nitrogens with zero attached hydrogens (tertiary/aromatic N) is 4. The number of pyridine rings is 1. The van der Waals surface area contributed by atoms with Gasteiger partial charge in [0.25, 0.3) is 11.5 Å². The van der Waals surface area contributed by atoms with Crippen molar-refractivity contribution in [3.05, 3.63) is 75.1 Å². The van der Waals surface area contributed by atoms with Gasteiger partial charge in [0.1, 0.15) is 11.2 Å². The molecule has 1 aromatic carbocycles. The summed E-state index contributed by atoms with van der Waals surface area (Å²) in [5.74, 6) is -0.587. The van der Waals surface area contributed by atoms with E-state index < -0.39 is 11.5 Å². The minimum atomic E-state index is -0.587. The highest BCUT2D eigenvalue weighted by Gasteiger charge is 2.13. The van der Waals surface area contributed by atoms with Crippen LogP contribution in [0.25, 0.3) is 15.9 Å². The van der Waals surface area contributed by atoms with E-state index in [2.05, 4.69) is 15.5 Å². The van der Waals surface area contributed by atoms with Gasteiger partial charge in [-0.2, -0.15) is 0 Å². The molecule has 0 atom stereocenters. The van der Waals surface area contributed by atoms with Gasteiger partial charge in [0.2, 0.25) is 4.80 Å². The Balaban J connectivity index is 1.72. The molecule has 0 saturated carbocycles. The molecule has 3 aromatic heterocycles. The summed E-state index contributed by atoms with van der Waals surface area (Å²) < 4.78 is 4.31. The van der Waals surface area contributed by atoms with E-state index in [0.717, 1.165) is 15.8 Å². The van der Waals surface area contributed by atoms with Crippen molar-refractivity contribution in [1.82, 2.24) is 19.4 Å². The molecule has 4 aromatic rings. The highest BCUT2D eigenvalue weighted by atomic mass is 32.1. The minimum absolute atomic E-state index is 0.0550. The molecule has 0 unspecified atom stereocenters. The van der Waals surface area contributed by atoms with Crippen LogP contribution in [-0.4, -0.2) is 19.9 Å². The number of rotatable bonds is 2. The average molecular weight is 365 g/mol. The number of thiazole rings is 1. The van der Waals surface area contributed by atoms with Gasteiger partial charge in [-0.15, -0.1) is 5.10 Å². The Morgan fingerprint density at radius 2 is 2.04 bits per heavy atom. The molecule has 0 radical (unpaired) electrons. The van der Waals surface area contributed by atoms with Crippen molar-refractivity contribution in [2.45, 2.75) is 6.92 Å². The normalized spacial score (nSPS) is 12.0. The summed E-state index contributed by atoms with van der Waals surface area (Å²) in [6.45, 7) is 1.87. The number of benzene rings is 1. The van der Waals surface area contributed by atoms with E-state index in [-0.39, 0.29) is 5.56 Å². The number of aryl methyl sites for hydroxylation is 2. The van der Waals surface area contributed by atoms with Crippen LogP contribution in [0, 0.1) is 6.92 Å². The Bertz CT molecular complexity index is 1280. The molecule has 0 fully saturated rings. The first-order valence-corrected chi connectivity index (χ1v) is 8.73. The fourth-order valence-electron chi connectivity index (χ4n) is 2.69. The Kier molecular flexibility index (Phi) is 3.89. The van der Waals surface area contributed by atoms with E-state index in [1.165, 1.54) is 21.9 Å². The van der Waals surface area contributed by atoms with Gasteiger partial charge >= 0.3 is 0 Å². The fraction of sp³-hybridized carbons (Fsp3) is 0.111. The van der Waals surface area contributed by atoms with Crippen LogP contribution in [-0.2, 0) is 7.05 Å². The number of amides is 1. The fourth-order valence-corrected chi connectivity index (χ4v) is 3.66. The molecular weight excluding hydrogens is 350 g/mol. The molecule has 8 heteroatoms. The number of hydrogen-bond acceptors (Lipinski definition) is 5. The number of aromatic nitrogens is 3. The molecule has 0 aliphatic carbocycles. The summed E-state index contributed by atoms with van der Waals surface area (Å²) in [5, 5.41) is 4.16. The van der Waals surface area contributed by atoms with E-state index in [1.807, 2.05) is 48.9 Å². The van der Waals surface area contributed by atoms with Crippen molar-refractivity contribution < 1.29 is 4.79 Å². The number of para-hydroxylation sites is 1. The quantitative estimate of drug-likeness (QED) is 0.550. The van der Waals surface area contributed by atoms with Crippen molar-refractivity contribution >= 4 is 33.1 Å². The van der Waals surface area contributed by atoms with Crippen molar-refractivity contribution in [2.75, 3.05) is 0 Å². The summed E-state index contributed by atoms with van der Waals surface area (Å²) in [5.41, 5.74) is 4.40. The summed E-state index contributed by atoms with van der Waals surface area (Å²) in [7, 11) is 1.87. The second kappa shape index (κ2) is 6.23. The van der Waals surface area contributed by atoms with Crippen LogP contribution in [0.15, 0.2) is 58.7 Å². The largest absolute Gasteiger partial charge is 0.318 e. The number of fused-ring (bicyclic) bond motifs is 2. The van der Waals surface area contributed by atoms with Gasteiger partial charge in [0.05, 0.1) is 10.2 Å². The highest BCUT2D eigenvalue weighted by Crippen LogP contribution is 2.14. The molecule has 0 bridgehead atoms.